The van der Waals surface area contributed by atoms with Crippen LogP contribution in [0.5, 0.6) is 0 Å². The number of unbranched alkanes of at least 4 members (excludes halogenated alkanes) is 20. The Kier molecular flexibility index (Phi) is 38.5. The van der Waals surface area contributed by atoms with Crippen molar-refractivity contribution in [1.29, 1.82) is 0 Å². The van der Waals surface area contributed by atoms with Crippen LogP contribution in [0, 0.1) is 0 Å². The molecule has 8 heteroatoms. The highest BCUT2D eigenvalue weighted by molar-refractivity contribution is 5.69. The number of nitrogens with zero attached hydrogens (tertiary/aromatic N) is 1. The van der Waals surface area contributed by atoms with Crippen molar-refractivity contribution in [3.63, 3.8) is 0 Å². The highest BCUT2D eigenvalue weighted by Gasteiger charge is 2.17. The third-order valence-corrected chi connectivity index (χ3v) is 10.3. The maximum absolute atomic E-state index is 12.7. The summed E-state index contributed by atoms with van der Waals surface area (Å²) in [5.41, 5.74) is 0. The molecule has 0 fully saturated rings. The zero-order valence-electron chi connectivity index (χ0n) is 34.6. The van der Waals surface area contributed by atoms with E-state index in [9.17, 15) is 24.9 Å². The van der Waals surface area contributed by atoms with Gasteiger partial charge in [-0.15, -0.1) is 0 Å². The number of esters is 2. The molecule has 0 saturated heterocycles. The van der Waals surface area contributed by atoms with E-state index < -0.39 is 12.2 Å². The van der Waals surface area contributed by atoms with Crippen molar-refractivity contribution in [1.82, 2.24) is 4.90 Å². The van der Waals surface area contributed by atoms with Crippen LogP contribution in [0.1, 0.15) is 220 Å². The lowest BCUT2D eigenvalue weighted by Gasteiger charge is -2.26. The molecule has 0 aliphatic heterocycles. The Morgan fingerprint density at radius 3 is 1.35 bits per heavy atom. The first-order valence-electron chi connectivity index (χ1n) is 22.4. The first kappa shape index (κ1) is 50.8. The fourth-order valence-electron chi connectivity index (χ4n) is 6.96. The summed E-state index contributed by atoms with van der Waals surface area (Å²) < 4.78 is 11.3. The molecule has 0 aromatic heterocycles. The summed E-state index contributed by atoms with van der Waals surface area (Å²) in [6, 6.07) is 0. The van der Waals surface area contributed by atoms with Crippen molar-refractivity contribution in [3.8, 4) is 0 Å². The van der Waals surface area contributed by atoms with Gasteiger partial charge in [0.1, 0.15) is 6.10 Å². The zero-order chi connectivity index (χ0) is 38.3. The Labute approximate surface area is 321 Å². The molecule has 0 saturated carbocycles. The van der Waals surface area contributed by atoms with E-state index in [1.165, 1.54) is 96.3 Å². The molecule has 0 aromatic rings. The summed E-state index contributed by atoms with van der Waals surface area (Å²) in [5.74, 6) is -0.204. The fraction of sp³-hybridized carbons (Fsp3) is 0.955. The topological polar surface area (TPSA) is 117 Å². The van der Waals surface area contributed by atoms with Gasteiger partial charge >= 0.3 is 11.9 Å². The molecule has 2 atom stereocenters. The second kappa shape index (κ2) is 39.5. The van der Waals surface area contributed by atoms with Crippen LogP contribution in [-0.4, -0.2) is 83.3 Å². The zero-order valence-corrected chi connectivity index (χ0v) is 34.6. The summed E-state index contributed by atoms with van der Waals surface area (Å²) >= 11 is 0. The molecular formula is C44H87NO7. The second-order valence-corrected chi connectivity index (χ2v) is 15.6. The van der Waals surface area contributed by atoms with Crippen LogP contribution in [0.2, 0.25) is 0 Å². The number of rotatable bonds is 41. The summed E-state index contributed by atoms with van der Waals surface area (Å²) in [6.45, 7) is 8.41. The van der Waals surface area contributed by atoms with Crippen LogP contribution in [-0.2, 0) is 19.1 Å². The monoisotopic (exact) mass is 742 g/mol. The van der Waals surface area contributed by atoms with E-state index in [1.54, 1.807) is 0 Å². The van der Waals surface area contributed by atoms with Crippen molar-refractivity contribution in [2.45, 2.75) is 238 Å². The van der Waals surface area contributed by atoms with E-state index in [0.717, 1.165) is 77.0 Å². The normalized spacial score (nSPS) is 12.8. The lowest BCUT2D eigenvalue weighted by atomic mass is 10.0. The molecule has 2 unspecified atom stereocenters. The number of ether oxygens (including phenoxy) is 2. The van der Waals surface area contributed by atoms with Crippen molar-refractivity contribution < 1.29 is 34.4 Å². The molecule has 0 spiro atoms. The van der Waals surface area contributed by atoms with Gasteiger partial charge in [0.2, 0.25) is 0 Å². The molecule has 0 rings (SSSR count). The van der Waals surface area contributed by atoms with Crippen molar-refractivity contribution in [3.05, 3.63) is 0 Å². The van der Waals surface area contributed by atoms with E-state index >= 15 is 0 Å². The molecule has 0 radical (unpaired) electrons. The van der Waals surface area contributed by atoms with Crippen LogP contribution in [0.25, 0.3) is 0 Å². The van der Waals surface area contributed by atoms with Gasteiger partial charge in [0, 0.05) is 32.5 Å². The third-order valence-electron chi connectivity index (χ3n) is 10.3. The molecule has 0 aliphatic carbocycles. The Morgan fingerprint density at radius 1 is 0.500 bits per heavy atom. The summed E-state index contributed by atoms with van der Waals surface area (Å²) in [5, 5.41) is 30.8. The van der Waals surface area contributed by atoms with E-state index in [4.69, 9.17) is 9.47 Å². The minimum atomic E-state index is -0.545. The van der Waals surface area contributed by atoms with E-state index in [1.807, 2.05) is 4.90 Å². The van der Waals surface area contributed by atoms with Crippen LogP contribution < -0.4 is 0 Å². The van der Waals surface area contributed by atoms with Crippen LogP contribution >= 0.6 is 0 Å². The number of carbonyl (C=O) groups excluding carboxylic acids is 2. The molecule has 3 N–H and O–H groups in total. The van der Waals surface area contributed by atoms with Crippen LogP contribution in [0.4, 0.5) is 0 Å². The lowest BCUT2D eigenvalue weighted by molar-refractivity contribution is -0.150. The molecule has 310 valence electrons. The summed E-state index contributed by atoms with van der Waals surface area (Å²) in [7, 11) is 0. The third kappa shape index (κ3) is 35.8. The molecule has 8 nitrogen and oxygen atoms in total. The first-order chi connectivity index (χ1) is 25.4. The van der Waals surface area contributed by atoms with E-state index in [0.29, 0.717) is 51.9 Å². The summed E-state index contributed by atoms with van der Waals surface area (Å²) in [6.07, 6.45) is 31.3. The van der Waals surface area contributed by atoms with E-state index in [2.05, 4.69) is 20.8 Å². The second-order valence-electron chi connectivity index (χ2n) is 15.6. The highest BCUT2D eigenvalue weighted by atomic mass is 16.5. The Hall–Kier alpha value is -1.22. The van der Waals surface area contributed by atoms with E-state index in [-0.39, 0.29) is 24.6 Å². The SMILES string of the molecule is CCCCCCCCCOC(=O)CCCCCC(O)CN(CCO)CC(O)CCCCCC(=O)OC(CCCCCCCC)CCCCCCCC. The lowest BCUT2D eigenvalue weighted by Crippen LogP contribution is -2.39. The quantitative estimate of drug-likeness (QED) is 0.0419. The maximum atomic E-state index is 12.7. The van der Waals surface area contributed by atoms with Gasteiger partial charge in [-0.25, -0.2) is 0 Å². The first-order valence-corrected chi connectivity index (χ1v) is 22.4. The smallest absolute Gasteiger partial charge is 0.306 e. The van der Waals surface area contributed by atoms with Gasteiger partial charge < -0.3 is 24.8 Å². The number of aliphatic hydroxyl groups excluding tert-OH is 3. The molecule has 52 heavy (non-hydrogen) atoms. The van der Waals surface area contributed by atoms with Crippen molar-refractivity contribution in [2.75, 3.05) is 32.8 Å². The van der Waals surface area contributed by atoms with Gasteiger partial charge in [-0.1, -0.05) is 149 Å². The Morgan fingerprint density at radius 2 is 0.885 bits per heavy atom. The van der Waals surface area contributed by atoms with Gasteiger partial charge in [0.25, 0.3) is 0 Å². The van der Waals surface area contributed by atoms with Crippen molar-refractivity contribution >= 4 is 11.9 Å². The fourth-order valence-corrected chi connectivity index (χ4v) is 6.96. The average molecular weight is 742 g/mol. The standard InChI is InChI=1S/C44H87NO7/c1-4-7-10-13-16-19-28-37-51-43(49)33-26-20-22-29-40(47)38-45(35-36-46)39-41(48)30-23-21-27-34-44(50)52-42(31-24-17-14-11-8-5-2)32-25-18-15-12-9-6-3/h40-42,46-48H,4-39H2,1-3H3. The van der Waals surface area contributed by atoms with Gasteiger partial charge in [-0.05, 0) is 57.8 Å². The molecule has 0 heterocycles. The van der Waals surface area contributed by atoms with Crippen LogP contribution in [0.15, 0.2) is 0 Å². The Balaban J connectivity index is 4.18. The predicted molar refractivity (Wildman–Crippen MR) is 217 cm³/mol. The minimum absolute atomic E-state index is 0.0266. The number of aliphatic hydroxyl groups is 3. The minimum Gasteiger partial charge on any atom is -0.466 e. The molecule has 0 aliphatic rings. The molecule has 0 aromatic carbocycles. The molecule has 0 amide bonds. The average Bonchev–Trinajstić information content (AvgIpc) is 3.11. The highest BCUT2D eigenvalue weighted by Crippen LogP contribution is 2.19. The van der Waals surface area contributed by atoms with Gasteiger partial charge in [0.15, 0.2) is 0 Å². The number of hydrogen-bond acceptors (Lipinski definition) is 8. The maximum Gasteiger partial charge on any atom is 0.306 e. The van der Waals surface area contributed by atoms with Crippen molar-refractivity contribution in [2.24, 2.45) is 0 Å². The van der Waals surface area contributed by atoms with Crippen LogP contribution in [0.3, 0.4) is 0 Å². The largest absolute Gasteiger partial charge is 0.466 e. The van der Waals surface area contributed by atoms with Gasteiger partial charge in [-0.2, -0.15) is 0 Å². The van der Waals surface area contributed by atoms with Gasteiger partial charge in [-0.3, -0.25) is 14.5 Å². The summed E-state index contributed by atoms with van der Waals surface area (Å²) in [4.78, 5) is 26.6. The predicted octanol–water partition coefficient (Wildman–Crippen LogP) is 10.6. The van der Waals surface area contributed by atoms with Gasteiger partial charge in [0.05, 0.1) is 25.4 Å². The Bertz CT molecular complexity index is 751. The number of carbonyl (C=O) groups is 2. The molecular weight excluding hydrogens is 654 g/mol. The number of hydrogen-bond donors (Lipinski definition) is 3. The molecule has 0 bridgehead atoms.